The van der Waals surface area contributed by atoms with Gasteiger partial charge < -0.3 is 9.84 Å². The van der Waals surface area contributed by atoms with Crippen LogP contribution >= 0.6 is 0 Å². The van der Waals surface area contributed by atoms with E-state index in [1.54, 1.807) is 0 Å². The first-order valence-electron chi connectivity index (χ1n) is 5.52. The number of aliphatic hydroxyl groups excluding tert-OH is 1. The highest BCUT2D eigenvalue weighted by Crippen LogP contribution is 2.28. The molecule has 0 amide bonds. The van der Waals surface area contributed by atoms with Gasteiger partial charge in [-0.05, 0) is 32.6 Å². The SMILES string of the molecule is C#CC(C)(C)NCC(O)COCC1CC1. The summed E-state index contributed by atoms with van der Waals surface area (Å²) in [5, 5.41) is 12.7. The van der Waals surface area contributed by atoms with Gasteiger partial charge >= 0.3 is 0 Å². The second-order valence-electron chi connectivity index (χ2n) is 4.78. The minimum absolute atomic E-state index is 0.364. The molecule has 1 aliphatic carbocycles. The first-order valence-corrected chi connectivity index (χ1v) is 5.52. The Morgan fingerprint density at radius 3 is 2.80 bits per heavy atom. The van der Waals surface area contributed by atoms with Crippen LogP contribution in [0.15, 0.2) is 0 Å². The van der Waals surface area contributed by atoms with Crippen LogP contribution in [-0.4, -0.2) is 36.5 Å². The molecule has 0 spiro atoms. The summed E-state index contributed by atoms with van der Waals surface area (Å²) in [5.41, 5.74) is -0.364. The third-order valence-corrected chi connectivity index (χ3v) is 2.50. The van der Waals surface area contributed by atoms with Gasteiger partial charge in [-0.2, -0.15) is 0 Å². The van der Waals surface area contributed by atoms with Crippen molar-refractivity contribution in [2.75, 3.05) is 19.8 Å². The van der Waals surface area contributed by atoms with E-state index in [1.807, 2.05) is 13.8 Å². The summed E-state index contributed by atoms with van der Waals surface area (Å²) in [4.78, 5) is 0. The molecule has 0 aromatic carbocycles. The summed E-state index contributed by atoms with van der Waals surface area (Å²) >= 11 is 0. The lowest BCUT2D eigenvalue weighted by Gasteiger charge is -2.21. The molecule has 3 nitrogen and oxygen atoms in total. The van der Waals surface area contributed by atoms with E-state index in [9.17, 15) is 5.11 Å². The molecule has 0 saturated heterocycles. The Labute approximate surface area is 92.2 Å². The van der Waals surface area contributed by atoms with E-state index in [0.717, 1.165) is 12.5 Å². The molecular weight excluding hydrogens is 190 g/mol. The molecular formula is C12H21NO2. The number of hydrogen-bond donors (Lipinski definition) is 2. The molecule has 1 unspecified atom stereocenters. The maximum absolute atomic E-state index is 9.59. The molecule has 0 aromatic rings. The number of β-amino-alcohol motifs (C(OH)–C–C–N with tert-alkyl or cyclic N) is 1. The van der Waals surface area contributed by atoms with Crippen LogP contribution in [0.2, 0.25) is 0 Å². The lowest BCUT2D eigenvalue weighted by Crippen LogP contribution is -2.43. The highest BCUT2D eigenvalue weighted by Gasteiger charge is 2.22. The molecule has 2 N–H and O–H groups in total. The summed E-state index contributed by atoms with van der Waals surface area (Å²) in [6.07, 6.45) is 7.39. The summed E-state index contributed by atoms with van der Waals surface area (Å²) in [7, 11) is 0. The molecule has 86 valence electrons. The van der Waals surface area contributed by atoms with E-state index in [1.165, 1.54) is 12.8 Å². The zero-order chi connectivity index (χ0) is 11.3. The maximum atomic E-state index is 9.59. The number of terminal acetylenes is 1. The van der Waals surface area contributed by atoms with E-state index in [4.69, 9.17) is 11.2 Å². The first kappa shape index (κ1) is 12.5. The Morgan fingerprint density at radius 1 is 1.60 bits per heavy atom. The van der Waals surface area contributed by atoms with E-state index in [0.29, 0.717) is 13.2 Å². The number of rotatable bonds is 7. The van der Waals surface area contributed by atoms with Gasteiger partial charge in [0.15, 0.2) is 0 Å². The normalized spacial score (nSPS) is 18.5. The number of ether oxygens (including phenoxy) is 1. The van der Waals surface area contributed by atoms with Crippen molar-refractivity contribution in [2.24, 2.45) is 5.92 Å². The molecule has 0 aliphatic heterocycles. The summed E-state index contributed by atoms with van der Waals surface area (Å²) in [6, 6.07) is 0. The molecule has 3 heteroatoms. The second kappa shape index (κ2) is 5.50. The Balaban J connectivity index is 2.02. The minimum Gasteiger partial charge on any atom is -0.389 e. The van der Waals surface area contributed by atoms with Crippen molar-refractivity contribution in [3.63, 3.8) is 0 Å². The molecule has 1 rings (SSSR count). The van der Waals surface area contributed by atoms with Gasteiger partial charge in [0.05, 0.1) is 18.2 Å². The predicted octanol–water partition coefficient (Wildman–Crippen LogP) is 0.775. The molecule has 0 radical (unpaired) electrons. The highest BCUT2D eigenvalue weighted by molar-refractivity contribution is 5.07. The fraction of sp³-hybridized carbons (Fsp3) is 0.833. The molecule has 1 atom stereocenters. The summed E-state index contributed by atoms with van der Waals surface area (Å²) in [5.74, 6) is 3.36. The van der Waals surface area contributed by atoms with Gasteiger partial charge in [0, 0.05) is 13.2 Å². The largest absolute Gasteiger partial charge is 0.389 e. The number of hydrogen-bond acceptors (Lipinski definition) is 3. The quantitative estimate of drug-likeness (QED) is 0.611. The summed E-state index contributed by atoms with van der Waals surface area (Å²) < 4.78 is 5.38. The average Bonchev–Trinajstić information content (AvgIpc) is 2.99. The van der Waals surface area contributed by atoms with Gasteiger partial charge in [0.25, 0.3) is 0 Å². The number of aliphatic hydroxyl groups is 1. The molecule has 1 aliphatic rings. The smallest absolute Gasteiger partial charge is 0.0898 e. The van der Waals surface area contributed by atoms with Crippen LogP contribution in [0.5, 0.6) is 0 Å². The van der Waals surface area contributed by atoms with Crippen molar-refractivity contribution in [2.45, 2.75) is 38.3 Å². The topological polar surface area (TPSA) is 41.5 Å². The average molecular weight is 211 g/mol. The third kappa shape index (κ3) is 5.78. The van der Waals surface area contributed by atoms with Crippen molar-refractivity contribution < 1.29 is 9.84 Å². The van der Waals surface area contributed by atoms with E-state index >= 15 is 0 Å². The molecule has 15 heavy (non-hydrogen) atoms. The van der Waals surface area contributed by atoms with Gasteiger partial charge in [-0.3, -0.25) is 5.32 Å². The monoisotopic (exact) mass is 211 g/mol. The summed E-state index contributed by atoms with van der Waals surface area (Å²) in [6.45, 7) is 5.47. The van der Waals surface area contributed by atoms with Crippen molar-refractivity contribution in [3.8, 4) is 12.3 Å². The predicted molar refractivity (Wildman–Crippen MR) is 60.5 cm³/mol. The van der Waals surface area contributed by atoms with Crippen molar-refractivity contribution >= 4 is 0 Å². The van der Waals surface area contributed by atoms with Gasteiger partial charge in [0.1, 0.15) is 0 Å². The van der Waals surface area contributed by atoms with Crippen LogP contribution in [0, 0.1) is 18.3 Å². The van der Waals surface area contributed by atoms with Crippen LogP contribution in [0.25, 0.3) is 0 Å². The zero-order valence-corrected chi connectivity index (χ0v) is 9.62. The van der Waals surface area contributed by atoms with E-state index in [2.05, 4.69) is 11.2 Å². The van der Waals surface area contributed by atoms with Crippen LogP contribution < -0.4 is 5.32 Å². The van der Waals surface area contributed by atoms with Crippen LogP contribution in [0.1, 0.15) is 26.7 Å². The zero-order valence-electron chi connectivity index (χ0n) is 9.62. The number of nitrogens with one attached hydrogen (secondary N) is 1. The Bertz CT molecular complexity index is 228. The fourth-order valence-corrected chi connectivity index (χ4v) is 1.14. The van der Waals surface area contributed by atoms with E-state index in [-0.39, 0.29) is 5.54 Å². The Kier molecular flexibility index (Phi) is 4.59. The molecule has 1 fully saturated rings. The highest BCUT2D eigenvalue weighted by atomic mass is 16.5. The minimum atomic E-state index is -0.476. The Hall–Kier alpha value is -0.560. The molecule has 0 heterocycles. The van der Waals surface area contributed by atoms with Crippen LogP contribution in [0.4, 0.5) is 0 Å². The third-order valence-electron chi connectivity index (χ3n) is 2.50. The van der Waals surface area contributed by atoms with Crippen LogP contribution in [-0.2, 0) is 4.74 Å². The lowest BCUT2D eigenvalue weighted by molar-refractivity contribution is 0.0306. The van der Waals surface area contributed by atoms with Gasteiger partial charge in [-0.15, -0.1) is 6.42 Å². The molecule has 0 bridgehead atoms. The fourth-order valence-electron chi connectivity index (χ4n) is 1.14. The van der Waals surface area contributed by atoms with Gasteiger partial charge in [-0.1, -0.05) is 5.92 Å². The van der Waals surface area contributed by atoms with Crippen molar-refractivity contribution in [1.29, 1.82) is 0 Å². The standard InChI is InChI=1S/C12H21NO2/c1-4-12(2,3)13-7-11(14)9-15-8-10-5-6-10/h1,10-11,13-14H,5-9H2,2-3H3. The van der Waals surface area contributed by atoms with Gasteiger partial charge in [-0.25, -0.2) is 0 Å². The molecule has 0 aromatic heterocycles. The maximum Gasteiger partial charge on any atom is 0.0898 e. The molecule has 1 saturated carbocycles. The second-order valence-corrected chi connectivity index (χ2v) is 4.78. The van der Waals surface area contributed by atoms with E-state index < -0.39 is 6.10 Å². The van der Waals surface area contributed by atoms with Crippen LogP contribution in [0.3, 0.4) is 0 Å². The first-order chi connectivity index (χ1) is 7.03. The van der Waals surface area contributed by atoms with Gasteiger partial charge in [0.2, 0.25) is 0 Å². The van der Waals surface area contributed by atoms with Crippen molar-refractivity contribution in [1.82, 2.24) is 5.32 Å². The lowest BCUT2D eigenvalue weighted by atomic mass is 10.1. The Morgan fingerprint density at radius 2 is 2.27 bits per heavy atom. The van der Waals surface area contributed by atoms with Crippen molar-refractivity contribution in [3.05, 3.63) is 0 Å².